The Morgan fingerprint density at radius 2 is 1.93 bits per heavy atom. The molecule has 0 nitrogen and oxygen atoms in total. The second kappa shape index (κ2) is 3.97. The third kappa shape index (κ3) is 1.88. The van der Waals surface area contributed by atoms with E-state index in [4.69, 9.17) is 0 Å². The van der Waals surface area contributed by atoms with Crippen molar-refractivity contribution in [3.63, 3.8) is 0 Å². The fourth-order valence-corrected chi connectivity index (χ4v) is 2.22. The summed E-state index contributed by atoms with van der Waals surface area (Å²) < 4.78 is 0. The van der Waals surface area contributed by atoms with Crippen LogP contribution < -0.4 is 0 Å². The molecule has 72 valence electrons. The fraction of sp³-hybridized carbons (Fsp3) is 0.231. The topological polar surface area (TPSA) is 0 Å². The molecule has 0 N–H and O–H groups in total. The standard InChI is InChI=1S/C13H14S/c1-10(2)11-5-3-6-12(9-11)13-7-4-8-14-13/h3-10H,1-2H3. The first kappa shape index (κ1) is 9.47. The fourth-order valence-electron chi connectivity index (χ4n) is 1.49. The van der Waals surface area contributed by atoms with Gasteiger partial charge in [0.05, 0.1) is 0 Å². The van der Waals surface area contributed by atoms with Gasteiger partial charge in [-0.25, -0.2) is 0 Å². The molecule has 0 amide bonds. The molecule has 1 heteroatoms. The van der Waals surface area contributed by atoms with Crippen molar-refractivity contribution < 1.29 is 0 Å². The normalized spacial score (nSPS) is 10.8. The van der Waals surface area contributed by atoms with Gasteiger partial charge >= 0.3 is 0 Å². The highest BCUT2D eigenvalue weighted by atomic mass is 32.1. The van der Waals surface area contributed by atoms with Gasteiger partial charge in [-0.1, -0.05) is 44.2 Å². The number of thiophene rings is 1. The minimum atomic E-state index is 0.606. The van der Waals surface area contributed by atoms with Crippen LogP contribution in [0.15, 0.2) is 41.8 Å². The van der Waals surface area contributed by atoms with E-state index < -0.39 is 0 Å². The van der Waals surface area contributed by atoms with E-state index in [2.05, 4.69) is 55.6 Å². The highest BCUT2D eigenvalue weighted by Gasteiger charge is 2.02. The third-order valence-corrected chi connectivity index (χ3v) is 3.28. The van der Waals surface area contributed by atoms with Gasteiger partial charge in [-0.2, -0.15) is 0 Å². The molecule has 0 aliphatic carbocycles. The van der Waals surface area contributed by atoms with E-state index in [0.717, 1.165) is 0 Å². The molecule has 2 rings (SSSR count). The Bertz CT molecular complexity index is 399. The lowest BCUT2D eigenvalue weighted by Crippen LogP contribution is -1.86. The molecule has 0 radical (unpaired) electrons. The van der Waals surface area contributed by atoms with Gasteiger partial charge in [0.2, 0.25) is 0 Å². The summed E-state index contributed by atoms with van der Waals surface area (Å²) in [5.74, 6) is 0.606. The van der Waals surface area contributed by atoms with E-state index in [9.17, 15) is 0 Å². The van der Waals surface area contributed by atoms with Crippen molar-refractivity contribution in [1.82, 2.24) is 0 Å². The average Bonchev–Trinajstić information content (AvgIpc) is 2.71. The van der Waals surface area contributed by atoms with Crippen LogP contribution >= 0.6 is 11.3 Å². The number of hydrogen-bond acceptors (Lipinski definition) is 1. The van der Waals surface area contributed by atoms with Gasteiger partial charge in [0, 0.05) is 4.88 Å². The van der Waals surface area contributed by atoms with Gasteiger partial charge in [0.25, 0.3) is 0 Å². The van der Waals surface area contributed by atoms with E-state index in [-0.39, 0.29) is 0 Å². The molecule has 0 unspecified atom stereocenters. The summed E-state index contributed by atoms with van der Waals surface area (Å²) in [6.07, 6.45) is 0. The molecular weight excluding hydrogens is 188 g/mol. The van der Waals surface area contributed by atoms with Crippen LogP contribution in [0.1, 0.15) is 25.3 Å². The van der Waals surface area contributed by atoms with Crippen LogP contribution in [0.2, 0.25) is 0 Å². The molecule has 0 aliphatic rings. The predicted octanol–water partition coefficient (Wildman–Crippen LogP) is 4.54. The monoisotopic (exact) mass is 202 g/mol. The van der Waals surface area contributed by atoms with Crippen LogP contribution in [0, 0.1) is 0 Å². The number of benzene rings is 1. The van der Waals surface area contributed by atoms with E-state index in [1.54, 1.807) is 11.3 Å². The van der Waals surface area contributed by atoms with E-state index in [0.29, 0.717) is 5.92 Å². The molecule has 0 aliphatic heterocycles. The molecule has 1 aromatic carbocycles. The average molecular weight is 202 g/mol. The maximum atomic E-state index is 2.29. The molecule has 0 saturated heterocycles. The molecule has 2 aromatic rings. The van der Waals surface area contributed by atoms with E-state index >= 15 is 0 Å². The summed E-state index contributed by atoms with van der Waals surface area (Å²) in [6, 6.07) is 13.1. The minimum absolute atomic E-state index is 0.606. The zero-order valence-corrected chi connectivity index (χ0v) is 9.34. The van der Waals surface area contributed by atoms with Crippen molar-refractivity contribution >= 4 is 11.3 Å². The summed E-state index contributed by atoms with van der Waals surface area (Å²) in [5.41, 5.74) is 2.75. The van der Waals surface area contributed by atoms with Crippen LogP contribution in [0.4, 0.5) is 0 Å². The van der Waals surface area contributed by atoms with Gasteiger partial charge in [0.15, 0.2) is 0 Å². The number of hydrogen-bond donors (Lipinski definition) is 0. The first-order valence-corrected chi connectivity index (χ1v) is 5.79. The lowest BCUT2D eigenvalue weighted by Gasteiger charge is -2.06. The lowest BCUT2D eigenvalue weighted by molar-refractivity contribution is 0.867. The summed E-state index contributed by atoms with van der Waals surface area (Å²) in [5, 5.41) is 2.12. The Balaban J connectivity index is 2.41. The first-order valence-electron chi connectivity index (χ1n) is 4.91. The third-order valence-electron chi connectivity index (χ3n) is 2.36. The summed E-state index contributed by atoms with van der Waals surface area (Å²) >= 11 is 1.80. The molecule has 0 bridgehead atoms. The van der Waals surface area contributed by atoms with Crippen LogP contribution in [-0.4, -0.2) is 0 Å². The zero-order valence-electron chi connectivity index (χ0n) is 8.53. The van der Waals surface area contributed by atoms with Crippen molar-refractivity contribution in [2.75, 3.05) is 0 Å². The Kier molecular flexibility index (Phi) is 2.69. The first-order chi connectivity index (χ1) is 6.77. The Morgan fingerprint density at radius 3 is 2.57 bits per heavy atom. The summed E-state index contributed by atoms with van der Waals surface area (Å²) in [4.78, 5) is 1.35. The highest BCUT2D eigenvalue weighted by molar-refractivity contribution is 7.13. The number of rotatable bonds is 2. The molecule has 1 aromatic heterocycles. The van der Waals surface area contributed by atoms with Crippen molar-refractivity contribution in [3.05, 3.63) is 47.3 Å². The molecule has 0 atom stereocenters. The van der Waals surface area contributed by atoms with Crippen LogP contribution in [0.25, 0.3) is 10.4 Å². The second-order valence-corrected chi connectivity index (χ2v) is 4.71. The SMILES string of the molecule is CC(C)c1cccc(-c2cccs2)c1. The molecule has 14 heavy (non-hydrogen) atoms. The maximum Gasteiger partial charge on any atom is 0.0342 e. The second-order valence-electron chi connectivity index (χ2n) is 3.76. The van der Waals surface area contributed by atoms with Crippen molar-refractivity contribution in [3.8, 4) is 10.4 Å². The zero-order chi connectivity index (χ0) is 9.97. The lowest BCUT2D eigenvalue weighted by atomic mass is 10.0. The van der Waals surface area contributed by atoms with Crippen LogP contribution in [0.3, 0.4) is 0 Å². The van der Waals surface area contributed by atoms with Gasteiger partial charge in [-0.3, -0.25) is 0 Å². The summed E-state index contributed by atoms with van der Waals surface area (Å²) in [6.45, 7) is 4.46. The molecule has 1 heterocycles. The largest absolute Gasteiger partial charge is 0.144 e. The quantitative estimate of drug-likeness (QED) is 0.670. The Hall–Kier alpha value is -1.08. The minimum Gasteiger partial charge on any atom is -0.144 e. The van der Waals surface area contributed by atoms with Gasteiger partial charge in [0.1, 0.15) is 0 Å². The van der Waals surface area contributed by atoms with E-state index in [1.165, 1.54) is 16.0 Å². The van der Waals surface area contributed by atoms with Gasteiger partial charge < -0.3 is 0 Å². The molecular formula is C13H14S. The van der Waals surface area contributed by atoms with Gasteiger partial charge in [-0.05, 0) is 28.5 Å². The molecule has 0 fully saturated rings. The Morgan fingerprint density at radius 1 is 1.07 bits per heavy atom. The predicted molar refractivity (Wildman–Crippen MR) is 63.8 cm³/mol. The molecule has 0 saturated carbocycles. The van der Waals surface area contributed by atoms with Crippen molar-refractivity contribution in [2.24, 2.45) is 0 Å². The van der Waals surface area contributed by atoms with Gasteiger partial charge in [-0.15, -0.1) is 11.3 Å². The molecule has 0 spiro atoms. The van der Waals surface area contributed by atoms with Crippen LogP contribution in [-0.2, 0) is 0 Å². The smallest absolute Gasteiger partial charge is 0.0342 e. The van der Waals surface area contributed by atoms with Crippen LogP contribution in [0.5, 0.6) is 0 Å². The van der Waals surface area contributed by atoms with Crippen molar-refractivity contribution in [1.29, 1.82) is 0 Å². The Labute approximate surface area is 89.2 Å². The van der Waals surface area contributed by atoms with E-state index in [1.807, 2.05) is 0 Å². The maximum absolute atomic E-state index is 2.29. The van der Waals surface area contributed by atoms with Crippen molar-refractivity contribution in [2.45, 2.75) is 19.8 Å². The summed E-state index contributed by atoms with van der Waals surface area (Å²) in [7, 11) is 0. The highest BCUT2D eigenvalue weighted by Crippen LogP contribution is 2.27.